The van der Waals surface area contributed by atoms with Crippen LogP contribution in [0.3, 0.4) is 0 Å². The molecule has 0 spiro atoms. The number of hydrogen-bond donors (Lipinski definition) is 1. The van der Waals surface area contributed by atoms with Crippen LogP contribution in [0.4, 0.5) is 0 Å². The number of nitrogens with zero attached hydrogens (tertiary/aromatic N) is 1. The average Bonchev–Trinajstić information content (AvgIpc) is 2.62. The molecule has 0 aliphatic rings. The molecule has 1 amide bonds. The Labute approximate surface area is 156 Å². The third kappa shape index (κ3) is 5.90. The van der Waals surface area contributed by atoms with Crippen molar-refractivity contribution >= 4 is 28.1 Å². The second-order valence-corrected chi connectivity index (χ2v) is 6.55. The van der Waals surface area contributed by atoms with Gasteiger partial charge in [-0.2, -0.15) is 5.10 Å². The highest BCUT2D eigenvalue weighted by Gasteiger charge is 2.04. The van der Waals surface area contributed by atoms with E-state index in [9.17, 15) is 4.79 Å². The first-order chi connectivity index (χ1) is 12.0. The van der Waals surface area contributed by atoms with Crippen LogP contribution in [0.25, 0.3) is 0 Å². The van der Waals surface area contributed by atoms with E-state index < -0.39 is 0 Å². The zero-order chi connectivity index (χ0) is 18.2. The van der Waals surface area contributed by atoms with Gasteiger partial charge in [0.05, 0.1) is 13.3 Å². The maximum atomic E-state index is 11.8. The molecule has 0 saturated carbocycles. The van der Waals surface area contributed by atoms with Crippen LogP contribution >= 0.6 is 15.9 Å². The first-order valence-corrected chi connectivity index (χ1v) is 8.67. The summed E-state index contributed by atoms with van der Waals surface area (Å²) in [6.45, 7) is 4.15. The lowest BCUT2D eigenvalue weighted by atomic mass is 10.0. The van der Waals surface area contributed by atoms with Crippen LogP contribution in [0.1, 0.15) is 30.9 Å². The van der Waals surface area contributed by atoms with Gasteiger partial charge < -0.3 is 9.47 Å². The maximum Gasteiger partial charge on any atom is 0.277 e. The van der Waals surface area contributed by atoms with Crippen LogP contribution in [-0.2, 0) is 4.79 Å². The van der Waals surface area contributed by atoms with Crippen molar-refractivity contribution in [2.75, 3.05) is 13.7 Å². The summed E-state index contributed by atoms with van der Waals surface area (Å²) in [7, 11) is 1.59. The van der Waals surface area contributed by atoms with Crippen molar-refractivity contribution in [3.8, 4) is 11.5 Å². The minimum Gasteiger partial charge on any atom is -0.497 e. The van der Waals surface area contributed by atoms with Gasteiger partial charge >= 0.3 is 0 Å². The first kappa shape index (κ1) is 19.0. The molecule has 25 heavy (non-hydrogen) atoms. The average molecular weight is 405 g/mol. The fraction of sp³-hybridized carbons (Fsp3) is 0.263. The molecule has 2 rings (SSSR count). The highest BCUT2D eigenvalue weighted by Crippen LogP contribution is 2.21. The molecule has 1 N–H and O–H groups in total. The van der Waals surface area contributed by atoms with E-state index in [1.807, 2.05) is 42.5 Å². The summed E-state index contributed by atoms with van der Waals surface area (Å²) >= 11 is 3.42. The molecule has 2 aromatic rings. The monoisotopic (exact) mass is 404 g/mol. The summed E-state index contributed by atoms with van der Waals surface area (Å²) in [6, 6.07) is 13.2. The second-order valence-electron chi connectivity index (χ2n) is 5.69. The predicted octanol–water partition coefficient (Wildman–Crippen LogP) is 4.11. The van der Waals surface area contributed by atoms with Gasteiger partial charge in [-0.1, -0.05) is 41.9 Å². The Morgan fingerprint density at radius 1 is 1.20 bits per heavy atom. The Bertz CT molecular complexity index is 743. The Hall–Kier alpha value is -2.34. The first-order valence-electron chi connectivity index (χ1n) is 7.88. The van der Waals surface area contributed by atoms with Gasteiger partial charge in [-0.15, -0.1) is 0 Å². The number of ether oxygens (including phenoxy) is 2. The Balaban J connectivity index is 1.84. The van der Waals surface area contributed by atoms with E-state index in [4.69, 9.17) is 9.47 Å². The molecule has 0 aliphatic carbocycles. The molecule has 0 heterocycles. The van der Waals surface area contributed by atoms with Crippen molar-refractivity contribution in [3.05, 3.63) is 58.1 Å². The lowest BCUT2D eigenvalue weighted by Gasteiger charge is -2.08. The number of halogens is 1. The van der Waals surface area contributed by atoms with E-state index in [-0.39, 0.29) is 12.5 Å². The van der Waals surface area contributed by atoms with E-state index >= 15 is 0 Å². The van der Waals surface area contributed by atoms with Crippen LogP contribution in [0.15, 0.2) is 52.0 Å². The molecule has 0 aromatic heterocycles. The zero-order valence-electron chi connectivity index (χ0n) is 14.5. The summed E-state index contributed by atoms with van der Waals surface area (Å²) < 4.78 is 11.5. The number of benzene rings is 2. The van der Waals surface area contributed by atoms with Crippen molar-refractivity contribution in [2.45, 2.75) is 19.8 Å². The number of rotatable bonds is 7. The molecule has 0 aliphatic heterocycles. The SMILES string of the molecule is COc1ccc(Br)c(C=NNC(=O)COc2ccc(C(C)C)cc2)c1. The van der Waals surface area contributed by atoms with Gasteiger partial charge in [0.2, 0.25) is 0 Å². The summed E-state index contributed by atoms with van der Waals surface area (Å²) in [6.07, 6.45) is 1.54. The molecule has 132 valence electrons. The number of nitrogens with one attached hydrogen (secondary N) is 1. The molecule has 0 unspecified atom stereocenters. The van der Waals surface area contributed by atoms with Gasteiger partial charge in [-0.3, -0.25) is 4.79 Å². The Morgan fingerprint density at radius 2 is 1.88 bits per heavy atom. The lowest BCUT2D eigenvalue weighted by molar-refractivity contribution is -0.123. The molecular weight excluding hydrogens is 384 g/mol. The van der Waals surface area contributed by atoms with Crippen molar-refractivity contribution < 1.29 is 14.3 Å². The summed E-state index contributed by atoms with van der Waals surface area (Å²) in [4.78, 5) is 11.8. The van der Waals surface area contributed by atoms with Crippen LogP contribution in [0.5, 0.6) is 11.5 Å². The molecule has 0 atom stereocenters. The molecule has 0 bridgehead atoms. The molecule has 2 aromatic carbocycles. The van der Waals surface area contributed by atoms with Crippen molar-refractivity contribution in [2.24, 2.45) is 5.10 Å². The van der Waals surface area contributed by atoms with Gasteiger partial charge in [0.15, 0.2) is 6.61 Å². The normalized spacial score (nSPS) is 10.9. The minimum absolute atomic E-state index is 0.0996. The van der Waals surface area contributed by atoms with E-state index in [0.717, 1.165) is 10.0 Å². The van der Waals surface area contributed by atoms with Crippen molar-refractivity contribution in [1.29, 1.82) is 0 Å². The summed E-state index contributed by atoms with van der Waals surface area (Å²) in [5.74, 6) is 1.49. The number of amides is 1. The van der Waals surface area contributed by atoms with Gasteiger partial charge in [-0.05, 0) is 41.8 Å². The molecule has 6 heteroatoms. The van der Waals surface area contributed by atoms with Crippen LogP contribution in [-0.4, -0.2) is 25.8 Å². The Kier molecular flexibility index (Phi) is 7.01. The minimum atomic E-state index is -0.330. The number of carbonyl (C=O) groups is 1. The van der Waals surface area contributed by atoms with Crippen molar-refractivity contribution in [3.63, 3.8) is 0 Å². The van der Waals surface area contributed by atoms with E-state index in [0.29, 0.717) is 17.4 Å². The van der Waals surface area contributed by atoms with Gasteiger partial charge in [0, 0.05) is 10.0 Å². The third-order valence-corrected chi connectivity index (χ3v) is 4.23. The second kappa shape index (κ2) is 9.22. The molecule has 0 radical (unpaired) electrons. The van der Waals surface area contributed by atoms with E-state index in [1.54, 1.807) is 13.3 Å². The highest BCUT2D eigenvalue weighted by atomic mass is 79.9. The van der Waals surface area contributed by atoms with E-state index in [2.05, 4.69) is 40.3 Å². The highest BCUT2D eigenvalue weighted by molar-refractivity contribution is 9.10. The number of hydrazone groups is 1. The number of methoxy groups -OCH3 is 1. The maximum absolute atomic E-state index is 11.8. The van der Waals surface area contributed by atoms with Gasteiger partial charge in [0.25, 0.3) is 5.91 Å². The van der Waals surface area contributed by atoms with Gasteiger partial charge in [-0.25, -0.2) is 5.43 Å². The topological polar surface area (TPSA) is 59.9 Å². The third-order valence-electron chi connectivity index (χ3n) is 3.51. The molecular formula is C19H21BrN2O3. The number of carbonyl (C=O) groups excluding carboxylic acids is 1. The van der Waals surface area contributed by atoms with Crippen LogP contribution < -0.4 is 14.9 Å². The largest absolute Gasteiger partial charge is 0.497 e. The van der Waals surface area contributed by atoms with Crippen LogP contribution in [0.2, 0.25) is 0 Å². The predicted molar refractivity (Wildman–Crippen MR) is 102 cm³/mol. The van der Waals surface area contributed by atoms with Gasteiger partial charge in [0.1, 0.15) is 11.5 Å². The standard InChI is InChI=1S/C19H21BrN2O3/c1-13(2)14-4-6-16(7-5-14)25-12-19(23)22-21-11-15-10-17(24-3)8-9-18(15)20/h4-11,13H,12H2,1-3H3,(H,22,23). The number of hydrogen-bond acceptors (Lipinski definition) is 4. The fourth-order valence-corrected chi connectivity index (χ4v) is 2.40. The van der Waals surface area contributed by atoms with Crippen LogP contribution in [0, 0.1) is 0 Å². The smallest absolute Gasteiger partial charge is 0.277 e. The lowest BCUT2D eigenvalue weighted by Crippen LogP contribution is -2.24. The molecule has 5 nitrogen and oxygen atoms in total. The molecule has 0 saturated heterocycles. The molecule has 0 fully saturated rings. The fourth-order valence-electron chi connectivity index (χ4n) is 2.05. The summed E-state index contributed by atoms with van der Waals surface area (Å²) in [5.41, 5.74) is 4.46. The Morgan fingerprint density at radius 3 is 2.52 bits per heavy atom. The zero-order valence-corrected chi connectivity index (χ0v) is 16.0. The van der Waals surface area contributed by atoms with Crippen molar-refractivity contribution in [1.82, 2.24) is 5.43 Å². The summed E-state index contributed by atoms with van der Waals surface area (Å²) in [5, 5.41) is 3.94. The quantitative estimate of drug-likeness (QED) is 0.557. The van der Waals surface area contributed by atoms with E-state index in [1.165, 1.54) is 5.56 Å².